The number of ether oxygens (including phenoxy) is 1. The zero-order chi connectivity index (χ0) is 13.9. The molecule has 0 unspecified atom stereocenters. The minimum Gasteiger partial charge on any atom is -0.486 e. The van der Waals surface area contributed by atoms with Crippen molar-refractivity contribution in [2.24, 2.45) is 5.73 Å². The Balaban J connectivity index is 1.85. The normalized spacial score (nSPS) is 10.9. The molecule has 4 heteroatoms. The molecule has 0 bridgehead atoms. The second-order valence-corrected chi connectivity index (χ2v) is 5.89. The van der Waals surface area contributed by atoms with Gasteiger partial charge in [0.05, 0.1) is 0 Å². The van der Waals surface area contributed by atoms with E-state index in [1.54, 1.807) is 11.3 Å². The van der Waals surface area contributed by atoms with E-state index in [-0.39, 0.29) is 0 Å². The first-order valence-corrected chi connectivity index (χ1v) is 7.35. The van der Waals surface area contributed by atoms with Crippen molar-refractivity contribution in [2.75, 3.05) is 0 Å². The lowest BCUT2D eigenvalue weighted by Gasteiger charge is -2.08. The molecule has 0 spiro atoms. The number of rotatable bonds is 4. The molecule has 0 aliphatic rings. The van der Waals surface area contributed by atoms with Crippen molar-refractivity contribution in [1.82, 2.24) is 4.98 Å². The predicted octanol–water partition coefficient (Wildman–Crippen LogP) is 3.64. The van der Waals surface area contributed by atoms with Crippen LogP contribution in [0.1, 0.15) is 15.4 Å². The first-order chi connectivity index (χ1) is 9.76. The fourth-order valence-electron chi connectivity index (χ4n) is 2.09. The number of nitrogens with zero attached hydrogens (tertiary/aromatic N) is 1. The molecule has 20 heavy (non-hydrogen) atoms. The van der Waals surface area contributed by atoms with E-state index in [1.165, 1.54) is 9.75 Å². The summed E-state index contributed by atoms with van der Waals surface area (Å²) in [5.41, 5.74) is 7.54. The highest BCUT2D eigenvalue weighted by atomic mass is 32.1. The number of hydrogen-bond acceptors (Lipinski definition) is 4. The number of aryl methyl sites for hydroxylation is 1. The van der Waals surface area contributed by atoms with E-state index in [2.05, 4.69) is 23.2 Å². The second-order valence-electron chi connectivity index (χ2n) is 4.64. The molecule has 0 radical (unpaired) electrons. The number of benzene rings is 1. The molecule has 2 heterocycles. The highest BCUT2D eigenvalue weighted by Gasteiger charge is 2.05. The van der Waals surface area contributed by atoms with Gasteiger partial charge in [0.1, 0.15) is 17.9 Å². The Labute approximate surface area is 122 Å². The molecule has 3 aromatic rings. The van der Waals surface area contributed by atoms with Crippen LogP contribution in [0.3, 0.4) is 0 Å². The minimum atomic E-state index is 0.555. The van der Waals surface area contributed by atoms with Gasteiger partial charge in [-0.25, -0.2) is 4.98 Å². The number of hydrogen-bond donors (Lipinski definition) is 1. The lowest BCUT2D eigenvalue weighted by atomic mass is 10.2. The molecule has 3 nitrogen and oxygen atoms in total. The number of thiophene rings is 1. The highest BCUT2D eigenvalue weighted by Crippen LogP contribution is 2.26. The number of para-hydroxylation sites is 1. The van der Waals surface area contributed by atoms with Gasteiger partial charge in [-0.2, -0.15) is 0 Å². The van der Waals surface area contributed by atoms with Gasteiger partial charge in [0.15, 0.2) is 0 Å². The summed E-state index contributed by atoms with van der Waals surface area (Å²) in [4.78, 5) is 6.92. The van der Waals surface area contributed by atoms with Crippen LogP contribution in [0.25, 0.3) is 10.9 Å². The molecule has 0 amide bonds. The average Bonchev–Trinajstić information content (AvgIpc) is 2.93. The first-order valence-electron chi connectivity index (χ1n) is 6.53. The maximum atomic E-state index is 5.93. The van der Waals surface area contributed by atoms with Crippen LogP contribution in [0.4, 0.5) is 0 Å². The van der Waals surface area contributed by atoms with E-state index < -0.39 is 0 Å². The lowest BCUT2D eigenvalue weighted by molar-refractivity contribution is 0.313. The van der Waals surface area contributed by atoms with E-state index >= 15 is 0 Å². The first kappa shape index (κ1) is 13.1. The molecule has 0 fully saturated rings. The molecule has 2 N–H and O–H groups in total. The third kappa shape index (κ3) is 2.66. The quantitative estimate of drug-likeness (QED) is 0.795. The van der Waals surface area contributed by atoms with E-state index in [0.717, 1.165) is 22.3 Å². The van der Waals surface area contributed by atoms with Gasteiger partial charge in [-0.3, -0.25) is 0 Å². The highest BCUT2D eigenvalue weighted by molar-refractivity contribution is 7.11. The van der Waals surface area contributed by atoms with Crippen LogP contribution in [0.15, 0.2) is 42.5 Å². The molecule has 1 aromatic carbocycles. The summed E-state index contributed by atoms with van der Waals surface area (Å²) in [6.45, 7) is 3.13. The number of pyridine rings is 1. The molecule has 102 valence electrons. The Kier molecular flexibility index (Phi) is 3.67. The van der Waals surface area contributed by atoms with Crippen LogP contribution in [-0.4, -0.2) is 4.98 Å². The number of nitrogens with two attached hydrogens (primary N) is 1. The van der Waals surface area contributed by atoms with Crippen LogP contribution < -0.4 is 10.5 Å². The summed E-state index contributed by atoms with van der Waals surface area (Å²) in [7, 11) is 0. The maximum absolute atomic E-state index is 5.93. The Hall–Kier alpha value is -1.91. The van der Waals surface area contributed by atoms with Crippen molar-refractivity contribution in [2.45, 2.75) is 20.1 Å². The van der Waals surface area contributed by atoms with Crippen LogP contribution >= 0.6 is 11.3 Å². The summed E-state index contributed by atoms with van der Waals surface area (Å²) in [5, 5.41) is 1.10. The summed E-state index contributed by atoms with van der Waals surface area (Å²) < 4.78 is 5.93. The Bertz CT molecular complexity index is 736. The molecule has 0 saturated heterocycles. The fourth-order valence-corrected chi connectivity index (χ4v) is 2.90. The Morgan fingerprint density at radius 1 is 1.10 bits per heavy atom. The van der Waals surface area contributed by atoms with Gasteiger partial charge in [0.2, 0.25) is 0 Å². The average molecular weight is 284 g/mol. The van der Waals surface area contributed by atoms with Crippen LogP contribution in [0.5, 0.6) is 5.75 Å². The van der Waals surface area contributed by atoms with Gasteiger partial charge in [-0.15, -0.1) is 11.3 Å². The standard InChI is InChI=1S/C16H16N2OS/c1-11-5-6-12-3-2-4-15(16(12)18-11)19-10-14-8-7-13(9-17)20-14/h2-8H,9-10,17H2,1H3. The fraction of sp³-hybridized carbons (Fsp3) is 0.188. The van der Waals surface area contributed by atoms with E-state index in [9.17, 15) is 0 Å². The summed E-state index contributed by atoms with van der Waals surface area (Å²) in [5.74, 6) is 0.828. The molecular weight excluding hydrogens is 268 g/mol. The van der Waals surface area contributed by atoms with Crippen LogP contribution in [-0.2, 0) is 13.2 Å². The van der Waals surface area contributed by atoms with Gasteiger partial charge < -0.3 is 10.5 Å². The van der Waals surface area contributed by atoms with Gasteiger partial charge in [0, 0.05) is 27.4 Å². The van der Waals surface area contributed by atoms with Crippen molar-refractivity contribution in [1.29, 1.82) is 0 Å². The Morgan fingerprint density at radius 2 is 1.95 bits per heavy atom. The third-order valence-corrected chi connectivity index (χ3v) is 4.19. The molecule has 2 aromatic heterocycles. The molecular formula is C16H16N2OS. The Morgan fingerprint density at radius 3 is 2.75 bits per heavy atom. The van der Waals surface area contributed by atoms with Crippen molar-refractivity contribution in [3.63, 3.8) is 0 Å². The summed E-state index contributed by atoms with van der Waals surface area (Å²) >= 11 is 1.69. The largest absolute Gasteiger partial charge is 0.486 e. The van der Waals surface area contributed by atoms with Crippen LogP contribution in [0.2, 0.25) is 0 Å². The zero-order valence-electron chi connectivity index (χ0n) is 11.3. The van der Waals surface area contributed by atoms with Crippen molar-refractivity contribution in [3.05, 3.63) is 57.9 Å². The molecule has 0 atom stereocenters. The summed E-state index contributed by atoms with van der Waals surface area (Å²) in [6, 6.07) is 14.2. The van der Waals surface area contributed by atoms with Gasteiger partial charge in [-0.05, 0) is 31.2 Å². The smallest absolute Gasteiger partial charge is 0.146 e. The van der Waals surface area contributed by atoms with Crippen molar-refractivity contribution >= 4 is 22.2 Å². The van der Waals surface area contributed by atoms with Gasteiger partial charge in [0.25, 0.3) is 0 Å². The van der Waals surface area contributed by atoms with E-state index in [0.29, 0.717) is 13.2 Å². The number of aromatic nitrogens is 1. The van der Waals surface area contributed by atoms with Crippen LogP contribution in [0, 0.1) is 6.92 Å². The maximum Gasteiger partial charge on any atom is 0.146 e. The molecule has 0 aliphatic carbocycles. The van der Waals surface area contributed by atoms with E-state index in [1.807, 2.05) is 31.2 Å². The second kappa shape index (κ2) is 5.61. The van der Waals surface area contributed by atoms with E-state index in [4.69, 9.17) is 10.5 Å². The molecule has 3 rings (SSSR count). The summed E-state index contributed by atoms with van der Waals surface area (Å²) in [6.07, 6.45) is 0. The monoisotopic (exact) mass is 284 g/mol. The van der Waals surface area contributed by atoms with Crippen molar-refractivity contribution in [3.8, 4) is 5.75 Å². The third-order valence-electron chi connectivity index (χ3n) is 3.11. The van der Waals surface area contributed by atoms with Gasteiger partial charge >= 0.3 is 0 Å². The minimum absolute atomic E-state index is 0.555. The number of fused-ring (bicyclic) bond motifs is 1. The lowest BCUT2D eigenvalue weighted by Crippen LogP contribution is -1.95. The molecule has 0 saturated carbocycles. The SMILES string of the molecule is Cc1ccc2cccc(OCc3ccc(CN)s3)c2n1. The zero-order valence-corrected chi connectivity index (χ0v) is 12.1. The van der Waals surface area contributed by atoms with Crippen molar-refractivity contribution < 1.29 is 4.74 Å². The predicted molar refractivity (Wildman–Crippen MR) is 83.0 cm³/mol. The topological polar surface area (TPSA) is 48.1 Å². The molecule has 0 aliphatic heterocycles. The van der Waals surface area contributed by atoms with Gasteiger partial charge in [-0.1, -0.05) is 18.2 Å².